The van der Waals surface area contributed by atoms with E-state index in [1.54, 1.807) is 18.7 Å². The van der Waals surface area contributed by atoms with Crippen molar-refractivity contribution in [3.8, 4) is 0 Å². The van der Waals surface area contributed by atoms with Crippen molar-refractivity contribution in [2.45, 2.75) is 52.0 Å². The summed E-state index contributed by atoms with van der Waals surface area (Å²) < 4.78 is 9.63. The molecule has 0 aromatic carbocycles. The lowest BCUT2D eigenvalue weighted by atomic mass is 9.91. The van der Waals surface area contributed by atoms with Crippen molar-refractivity contribution in [2.24, 2.45) is 0 Å². The molecule has 0 N–H and O–H groups in total. The van der Waals surface area contributed by atoms with Crippen LogP contribution in [-0.4, -0.2) is 48.5 Å². The summed E-state index contributed by atoms with van der Waals surface area (Å²) in [6, 6.07) is 0.145. The second-order valence-corrected chi connectivity index (χ2v) is 4.71. The van der Waals surface area contributed by atoms with Crippen LogP contribution in [0.25, 0.3) is 0 Å². The number of amides is 1. The lowest BCUT2D eigenvalue weighted by Crippen LogP contribution is -2.46. The smallest absolute Gasteiger partial charge is 0.315 e. The van der Waals surface area contributed by atoms with E-state index >= 15 is 0 Å². The molecule has 0 radical (unpaired) electrons. The number of carbonyl (C=O) groups is 3. The van der Waals surface area contributed by atoms with Crippen LogP contribution in [0.3, 0.4) is 0 Å². The van der Waals surface area contributed by atoms with Crippen molar-refractivity contribution in [1.82, 2.24) is 4.90 Å². The summed E-state index contributed by atoms with van der Waals surface area (Å²) in [4.78, 5) is 36.5. The van der Waals surface area contributed by atoms with E-state index in [1.165, 1.54) is 0 Å². The number of esters is 2. The first-order valence-corrected chi connectivity index (χ1v) is 7.19. The number of hydrogen-bond donors (Lipinski definition) is 0. The molecule has 1 aliphatic carbocycles. The molecule has 1 amide bonds. The van der Waals surface area contributed by atoms with E-state index in [9.17, 15) is 14.4 Å². The number of rotatable bonds is 8. The summed E-state index contributed by atoms with van der Waals surface area (Å²) in [7, 11) is 0. The Morgan fingerprint density at radius 2 is 1.65 bits per heavy atom. The minimum atomic E-state index is -0.516. The van der Waals surface area contributed by atoms with E-state index in [0.717, 1.165) is 19.3 Å². The molecule has 1 rings (SSSR count). The zero-order valence-corrected chi connectivity index (χ0v) is 12.2. The van der Waals surface area contributed by atoms with Crippen LogP contribution in [0.4, 0.5) is 0 Å². The maximum atomic E-state index is 12.1. The Morgan fingerprint density at radius 3 is 2.15 bits per heavy atom. The highest BCUT2D eigenvalue weighted by molar-refractivity contribution is 5.94. The van der Waals surface area contributed by atoms with Gasteiger partial charge in [0.2, 0.25) is 5.91 Å². The molecule has 0 atom stereocenters. The van der Waals surface area contributed by atoms with Gasteiger partial charge in [0.1, 0.15) is 6.42 Å². The highest BCUT2D eigenvalue weighted by atomic mass is 16.5. The molecule has 0 aromatic rings. The number of carbonyl (C=O) groups excluding carboxylic acids is 3. The van der Waals surface area contributed by atoms with Gasteiger partial charge in [-0.15, -0.1) is 0 Å². The van der Waals surface area contributed by atoms with Crippen LogP contribution in [0.5, 0.6) is 0 Å². The number of ether oxygens (including phenoxy) is 2. The summed E-state index contributed by atoms with van der Waals surface area (Å²) in [6.07, 6.45) is 2.84. The van der Waals surface area contributed by atoms with Gasteiger partial charge < -0.3 is 14.4 Å². The third-order valence-electron chi connectivity index (χ3n) is 3.30. The molecule has 0 bridgehead atoms. The van der Waals surface area contributed by atoms with E-state index in [1.807, 2.05) is 0 Å². The van der Waals surface area contributed by atoms with E-state index < -0.39 is 5.97 Å². The Labute approximate surface area is 119 Å². The molecule has 0 aromatic heterocycles. The highest BCUT2D eigenvalue weighted by Gasteiger charge is 2.30. The average molecular weight is 285 g/mol. The van der Waals surface area contributed by atoms with Crippen molar-refractivity contribution in [2.75, 3.05) is 19.8 Å². The predicted octanol–water partition coefficient (Wildman–Crippen LogP) is 1.27. The molecule has 0 aliphatic heterocycles. The summed E-state index contributed by atoms with van der Waals surface area (Å²) in [5, 5.41) is 0. The molecular weight excluding hydrogens is 262 g/mol. The van der Waals surface area contributed by atoms with Crippen LogP contribution in [-0.2, 0) is 23.9 Å². The first-order valence-electron chi connectivity index (χ1n) is 7.19. The molecule has 1 fully saturated rings. The van der Waals surface area contributed by atoms with Gasteiger partial charge in [0.15, 0.2) is 0 Å². The summed E-state index contributed by atoms with van der Waals surface area (Å²) in [5.74, 6) is -1.10. The molecule has 6 heteroatoms. The van der Waals surface area contributed by atoms with Crippen LogP contribution in [0.2, 0.25) is 0 Å². The van der Waals surface area contributed by atoms with Crippen molar-refractivity contribution in [3.05, 3.63) is 0 Å². The topological polar surface area (TPSA) is 72.9 Å². The molecule has 1 saturated carbocycles. The zero-order chi connectivity index (χ0) is 15.0. The molecule has 0 spiro atoms. The molecule has 20 heavy (non-hydrogen) atoms. The number of hydrogen-bond acceptors (Lipinski definition) is 5. The summed E-state index contributed by atoms with van der Waals surface area (Å²) >= 11 is 0. The van der Waals surface area contributed by atoms with E-state index in [-0.39, 0.29) is 37.4 Å². The van der Waals surface area contributed by atoms with Crippen LogP contribution in [0.15, 0.2) is 0 Å². The second kappa shape index (κ2) is 8.55. The minimum Gasteiger partial charge on any atom is -0.466 e. The van der Waals surface area contributed by atoms with E-state index in [4.69, 9.17) is 9.47 Å². The Bertz CT molecular complexity index is 351. The third-order valence-corrected chi connectivity index (χ3v) is 3.30. The Hall–Kier alpha value is -1.59. The SMILES string of the molecule is CCOC(=O)CCN(C(=O)CC(=O)OCC)C1CCC1. The number of nitrogens with zero attached hydrogens (tertiary/aromatic N) is 1. The fourth-order valence-corrected chi connectivity index (χ4v) is 2.09. The van der Waals surface area contributed by atoms with Gasteiger partial charge in [0, 0.05) is 12.6 Å². The van der Waals surface area contributed by atoms with Crippen molar-refractivity contribution < 1.29 is 23.9 Å². The van der Waals surface area contributed by atoms with Crippen LogP contribution >= 0.6 is 0 Å². The van der Waals surface area contributed by atoms with Gasteiger partial charge in [-0.25, -0.2) is 0 Å². The van der Waals surface area contributed by atoms with Gasteiger partial charge in [-0.1, -0.05) is 0 Å². The zero-order valence-electron chi connectivity index (χ0n) is 12.2. The Morgan fingerprint density at radius 1 is 1.05 bits per heavy atom. The fraction of sp³-hybridized carbons (Fsp3) is 0.786. The Kier molecular flexibility index (Phi) is 7.04. The first-order chi connectivity index (χ1) is 9.58. The maximum absolute atomic E-state index is 12.1. The molecule has 1 aliphatic rings. The van der Waals surface area contributed by atoms with Crippen LogP contribution < -0.4 is 0 Å². The average Bonchev–Trinajstić information content (AvgIpc) is 2.32. The molecule has 114 valence electrons. The van der Waals surface area contributed by atoms with Gasteiger partial charge >= 0.3 is 11.9 Å². The third kappa shape index (κ3) is 5.19. The standard InChI is InChI=1S/C14H23NO5/c1-3-19-13(17)8-9-15(11-6-5-7-11)12(16)10-14(18)20-4-2/h11H,3-10H2,1-2H3. The monoisotopic (exact) mass is 285 g/mol. The normalized spacial score (nSPS) is 14.3. The fourth-order valence-electron chi connectivity index (χ4n) is 2.09. The summed E-state index contributed by atoms with van der Waals surface area (Å²) in [6.45, 7) is 4.35. The van der Waals surface area contributed by atoms with E-state index in [0.29, 0.717) is 13.2 Å². The lowest BCUT2D eigenvalue weighted by Gasteiger charge is -2.37. The molecule has 0 heterocycles. The van der Waals surface area contributed by atoms with Gasteiger partial charge in [0.05, 0.1) is 19.6 Å². The van der Waals surface area contributed by atoms with Crippen molar-refractivity contribution in [3.63, 3.8) is 0 Å². The lowest BCUT2D eigenvalue weighted by molar-refractivity contribution is -0.150. The van der Waals surface area contributed by atoms with Crippen molar-refractivity contribution >= 4 is 17.8 Å². The van der Waals surface area contributed by atoms with Crippen molar-refractivity contribution in [1.29, 1.82) is 0 Å². The molecular formula is C14H23NO5. The maximum Gasteiger partial charge on any atom is 0.315 e. The summed E-state index contributed by atoms with van der Waals surface area (Å²) in [5.41, 5.74) is 0. The van der Waals surface area contributed by atoms with Crippen LogP contribution in [0, 0.1) is 0 Å². The second-order valence-electron chi connectivity index (χ2n) is 4.71. The predicted molar refractivity (Wildman–Crippen MR) is 71.9 cm³/mol. The van der Waals surface area contributed by atoms with Gasteiger partial charge in [0.25, 0.3) is 0 Å². The highest BCUT2D eigenvalue weighted by Crippen LogP contribution is 2.25. The Balaban J connectivity index is 2.48. The molecule has 6 nitrogen and oxygen atoms in total. The largest absolute Gasteiger partial charge is 0.466 e. The molecule has 0 saturated heterocycles. The van der Waals surface area contributed by atoms with Gasteiger partial charge in [-0.2, -0.15) is 0 Å². The van der Waals surface area contributed by atoms with Gasteiger partial charge in [-0.3, -0.25) is 14.4 Å². The first kappa shape index (κ1) is 16.5. The minimum absolute atomic E-state index is 0.145. The molecule has 0 unspecified atom stereocenters. The quantitative estimate of drug-likeness (QED) is 0.496. The van der Waals surface area contributed by atoms with Crippen LogP contribution in [0.1, 0.15) is 46.0 Å². The van der Waals surface area contributed by atoms with E-state index in [2.05, 4.69) is 0 Å². The van der Waals surface area contributed by atoms with Gasteiger partial charge in [-0.05, 0) is 33.1 Å².